The quantitative estimate of drug-likeness (QED) is 0.217. The number of rotatable bonds is 5. The van der Waals surface area contributed by atoms with E-state index < -0.39 is 46.1 Å². The summed E-state index contributed by atoms with van der Waals surface area (Å²) in [5, 5.41) is 10.2. The van der Waals surface area contributed by atoms with Crippen LogP contribution >= 0.6 is 0 Å². The summed E-state index contributed by atoms with van der Waals surface area (Å²) in [6, 6.07) is 1.77. The number of ether oxygens (including phenoxy) is 1. The summed E-state index contributed by atoms with van der Waals surface area (Å²) in [4.78, 5) is 19.2. The molecule has 1 heterocycles. The molecule has 26 heavy (non-hydrogen) atoms. The number of aliphatic hydroxyl groups excluding tert-OH is 1. The molecule has 0 amide bonds. The first-order valence-electron chi connectivity index (χ1n) is 7.24. The Hall–Kier alpha value is -3.23. The van der Waals surface area contributed by atoms with Crippen LogP contribution in [0.3, 0.4) is 0 Å². The van der Waals surface area contributed by atoms with Crippen LogP contribution in [0.1, 0.15) is 12.5 Å². The van der Waals surface area contributed by atoms with Gasteiger partial charge in [-0.2, -0.15) is 0 Å². The number of esters is 1. The highest BCUT2D eigenvalue weighted by atomic mass is 19.2. The molecule has 2 rings (SSSR count). The number of carbonyl (C=O) groups excluding carboxylic acids is 1. The maximum atomic E-state index is 13.9. The molecule has 0 unspecified atom stereocenters. The van der Waals surface area contributed by atoms with E-state index in [1.54, 1.807) is 0 Å². The Morgan fingerprint density at radius 1 is 1.19 bits per heavy atom. The van der Waals surface area contributed by atoms with E-state index in [2.05, 4.69) is 9.98 Å². The summed E-state index contributed by atoms with van der Waals surface area (Å²) in [6.45, 7) is 1.39. The minimum atomic E-state index is -1.47. The fraction of sp³-hybridized carbons (Fsp3) is 0.118. The van der Waals surface area contributed by atoms with Crippen molar-refractivity contribution in [3.8, 4) is 0 Å². The number of carbonyl (C=O) groups is 1. The molecule has 0 aliphatic heterocycles. The third kappa shape index (κ3) is 4.24. The largest absolute Gasteiger partial charge is 0.506 e. The highest BCUT2D eigenvalue weighted by Gasteiger charge is 2.21. The molecular weight excluding hydrogens is 356 g/mol. The monoisotopic (exact) mass is 368 g/mol. The van der Waals surface area contributed by atoms with E-state index in [1.807, 2.05) is 0 Å². The number of hydrogen-bond donors (Lipinski definition) is 1. The van der Waals surface area contributed by atoms with Crippen LogP contribution in [0, 0.1) is 23.3 Å². The summed E-state index contributed by atoms with van der Waals surface area (Å²) in [7, 11) is 0. The average molecular weight is 368 g/mol. The number of nitrogens with zero attached hydrogens (tertiary/aromatic N) is 2. The Morgan fingerprint density at radius 2 is 1.88 bits per heavy atom. The van der Waals surface area contributed by atoms with Crippen LogP contribution in [0.5, 0.6) is 0 Å². The Labute approximate surface area is 145 Å². The van der Waals surface area contributed by atoms with Crippen molar-refractivity contribution >= 4 is 23.6 Å². The van der Waals surface area contributed by atoms with Crippen molar-refractivity contribution in [1.82, 2.24) is 4.98 Å². The summed E-state index contributed by atoms with van der Waals surface area (Å²) >= 11 is 0. The number of pyridine rings is 1. The van der Waals surface area contributed by atoms with Gasteiger partial charge < -0.3 is 9.84 Å². The van der Waals surface area contributed by atoms with Crippen LogP contribution in [0.2, 0.25) is 0 Å². The van der Waals surface area contributed by atoms with Crippen molar-refractivity contribution in [3.05, 3.63) is 65.0 Å². The van der Waals surface area contributed by atoms with Crippen molar-refractivity contribution in [3.63, 3.8) is 0 Å². The smallest absolute Gasteiger partial charge is 0.343 e. The van der Waals surface area contributed by atoms with E-state index >= 15 is 0 Å². The molecule has 0 saturated heterocycles. The molecular formula is C17H12F4N2O3. The van der Waals surface area contributed by atoms with Gasteiger partial charge in [-0.1, -0.05) is 0 Å². The van der Waals surface area contributed by atoms with Gasteiger partial charge in [-0.15, -0.1) is 0 Å². The summed E-state index contributed by atoms with van der Waals surface area (Å²) in [5.74, 6) is -7.19. The summed E-state index contributed by atoms with van der Waals surface area (Å²) < 4.78 is 58.5. The first-order chi connectivity index (χ1) is 12.3. The van der Waals surface area contributed by atoms with Gasteiger partial charge in [-0.05, 0) is 19.1 Å². The van der Waals surface area contributed by atoms with Gasteiger partial charge in [0.1, 0.15) is 22.8 Å². The Morgan fingerprint density at radius 3 is 2.54 bits per heavy atom. The third-order valence-corrected chi connectivity index (χ3v) is 3.10. The Balaban J connectivity index is 2.56. The molecule has 0 bridgehead atoms. The zero-order valence-corrected chi connectivity index (χ0v) is 13.3. The van der Waals surface area contributed by atoms with E-state index in [4.69, 9.17) is 4.74 Å². The standard InChI is InChI=1S/C17H12F4N2O3/c1-2-26-17(25)10(7-23-15-3-4-22-8-14(15)21)16(24)9-5-12(19)13(20)6-11(9)18/h3-8,24H,2H2,1H3/b16-10-,23-7?. The van der Waals surface area contributed by atoms with Gasteiger partial charge in [0.25, 0.3) is 0 Å². The van der Waals surface area contributed by atoms with Gasteiger partial charge >= 0.3 is 5.97 Å². The van der Waals surface area contributed by atoms with E-state index in [0.717, 1.165) is 12.4 Å². The highest BCUT2D eigenvalue weighted by Crippen LogP contribution is 2.23. The molecule has 0 atom stereocenters. The fourth-order valence-electron chi connectivity index (χ4n) is 1.88. The van der Waals surface area contributed by atoms with Crippen molar-refractivity contribution in [2.45, 2.75) is 6.92 Å². The number of aromatic nitrogens is 1. The predicted octanol–water partition coefficient (Wildman–Crippen LogP) is 3.87. The van der Waals surface area contributed by atoms with E-state index in [9.17, 15) is 27.5 Å². The molecule has 5 nitrogen and oxygen atoms in total. The molecule has 0 spiro atoms. The zero-order chi connectivity index (χ0) is 19.3. The molecule has 9 heteroatoms. The molecule has 1 aromatic carbocycles. The molecule has 0 radical (unpaired) electrons. The van der Waals surface area contributed by atoms with E-state index in [1.165, 1.54) is 19.2 Å². The number of hydrogen-bond acceptors (Lipinski definition) is 5. The lowest BCUT2D eigenvalue weighted by Crippen LogP contribution is -2.12. The molecule has 1 N–H and O–H groups in total. The molecule has 136 valence electrons. The van der Waals surface area contributed by atoms with Gasteiger partial charge in [-0.25, -0.2) is 22.4 Å². The normalized spacial score (nSPS) is 12.2. The lowest BCUT2D eigenvalue weighted by molar-refractivity contribution is -0.137. The summed E-state index contributed by atoms with van der Waals surface area (Å²) in [5.41, 5.74) is -1.68. The molecule has 0 aliphatic carbocycles. The van der Waals surface area contributed by atoms with Gasteiger partial charge in [0.05, 0.1) is 18.4 Å². The Bertz CT molecular complexity index is 898. The lowest BCUT2D eigenvalue weighted by atomic mass is 10.1. The second kappa shape index (κ2) is 8.24. The summed E-state index contributed by atoms with van der Waals surface area (Å²) in [6.07, 6.45) is 2.83. The minimum Gasteiger partial charge on any atom is -0.506 e. The number of benzene rings is 1. The highest BCUT2D eigenvalue weighted by molar-refractivity contribution is 6.15. The van der Waals surface area contributed by atoms with Gasteiger partial charge in [0.15, 0.2) is 17.5 Å². The minimum absolute atomic E-state index is 0.0899. The Kier molecular flexibility index (Phi) is 6.05. The average Bonchev–Trinajstić information content (AvgIpc) is 2.60. The second-order valence-electron chi connectivity index (χ2n) is 4.81. The van der Waals surface area contributed by atoms with Gasteiger partial charge in [0.2, 0.25) is 0 Å². The molecule has 0 fully saturated rings. The maximum absolute atomic E-state index is 13.9. The number of aliphatic hydroxyl groups is 1. The fourth-order valence-corrected chi connectivity index (χ4v) is 1.88. The second-order valence-corrected chi connectivity index (χ2v) is 4.81. The predicted molar refractivity (Wildman–Crippen MR) is 84.8 cm³/mol. The molecule has 2 aromatic rings. The van der Waals surface area contributed by atoms with Crippen LogP contribution < -0.4 is 0 Å². The molecule has 0 saturated carbocycles. The zero-order valence-electron chi connectivity index (χ0n) is 13.3. The first kappa shape index (κ1) is 19.1. The number of halogens is 4. The van der Waals surface area contributed by atoms with Crippen molar-refractivity contribution in [2.75, 3.05) is 6.61 Å². The van der Waals surface area contributed by atoms with E-state index in [0.29, 0.717) is 6.07 Å². The molecule has 1 aromatic heterocycles. The van der Waals surface area contributed by atoms with Gasteiger partial charge in [-0.3, -0.25) is 9.98 Å². The topological polar surface area (TPSA) is 71.8 Å². The van der Waals surface area contributed by atoms with Crippen LogP contribution in [0.25, 0.3) is 5.76 Å². The third-order valence-electron chi connectivity index (χ3n) is 3.10. The molecule has 0 aliphatic rings. The SMILES string of the molecule is CCOC(=O)/C(C=Nc1ccncc1F)=C(\O)c1cc(F)c(F)cc1F. The van der Waals surface area contributed by atoms with Crippen LogP contribution in [-0.4, -0.2) is 28.9 Å². The van der Waals surface area contributed by atoms with Crippen molar-refractivity contribution in [2.24, 2.45) is 4.99 Å². The van der Waals surface area contributed by atoms with Crippen LogP contribution in [0.4, 0.5) is 23.2 Å². The number of aliphatic imine (C=N–C) groups is 1. The maximum Gasteiger partial charge on any atom is 0.343 e. The van der Waals surface area contributed by atoms with Crippen molar-refractivity contribution in [1.29, 1.82) is 0 Å². The van der Waals surface area contributed by atoms with Crippen molar-refractivity contribution < 1.29 is 32.2 Å². The van der Waals surface area contributed by atoms with Crippen LogP contribution in [0.15, 0.2) is 41.2 Å². The van der Waals surface area contributed by atoms with Crippen LogP contribution in [-0.2, 0) is 9.53 Å². The lowest BCUT2D eigenvalue weighted by Gasteiger charge is -2.08. The van der Waals surface area contributed by atoms with Gasteiger partial charge in [0, 0.05) is 18.5 Å². The first-order valence-corrected chi connectivity index (χ1v) is 7.24. The van der Waals surface area contributed by atoms with E-state index in [-0.39, 0.29) is 18.4 Å².